The molecule has 0 atom stereocenters. The van der Waals surface area contributed by atoms with E-state index in [1.807, 2.05) is 30.1 Å². The smallest absolute Gasteiger partial charge is 0.231 e. The lowest BCUT2D eigenvalue weighted by Crippen LogP contribution is -2.52. The first-order valence-corrected chi connectivity index (χ1v) is 11.4. The molecule has 33 heavy (non-hydrogen) atoms. The van der Waals surface area contributed by atoms with Gasteiger partial charge >= 0.3 is 0 Å². The number of hydrogen-bond donors (Lipinski definition) is 1. The fourth-order valence-corrected chi connectivity index (χ4v) is 4.28. The van der Waals surface area contributed by atoms with Gasteiger partial charge in [0.05, 0.1) is 12.7 Å². The van der Waals surface area contributed by atoms with Gasteiger partial charge in [-0.2, -0.15) is 5.10 Å². The monoisotopic (exact) mass is 446 g/mol. The highest BCUT2D eigenvalue weighted by atomic mass is 16.7. The van der Waals surface area contributed by atoms with Crippen molar-refractivity contribution in [1.82, 2.24) is 24.9 Å². The van der Waals surface area contributed by atoms with Crippen LogP contribution in [0, 0.1) is 0 Å². The van der Waals surface area contributed by atoms with E-state index in [9.17, 15) is 0 Å². The first-order valence-electron chi connectivity index (χ1n) is 11.4. The molecular formula is C25H30N6O2. The molecule has 3 aromatic rings. The van der Waals surface area contributed by atoms with Gasteiger partial charge in [0.2, 0.25) is 6.79 Å². The summed E-state index contributed by atoms with van der Waals surface area (Å²) in [5.41, 5.74) is 3.64. The highest BCUT2D eigenvalue weighted by Gasteiger charge is 2.21. The maximum atomic E-state index is 5.51. The molecule has 172 valence electrons. The number of aromatic nitrogens is 2. The maximum absolute atomic E-state index is 5.51. The van der Waals surface area contributed by atoms with Crippen LogP contribution in [0.4, 0.5) is 0 Å². The van der Waals surface area contributed by atoms with E-state index in [1.165, 1.54) is 11.1 Å². The van der Waals surface area contributed by atoms with Crippen molar-refractivity contribution in [1.29, 1.82) is 0 Å². The van der Waals surface area contributed by atoms with Crippen LogP contribution in [0.1, 0.15) is 16.7 Å². The fraction of sp³-hybridized carbons (Fsp3) is 0.360. The van der Waals surface area contributed by atoms with Gasteiger partial charge in [-0.25, -0.2) is 0 Å². The van der Waals surface area contributed by atoms with Crippen LogP contribution in [-0.4, -0.2) is 65.6 Å². The third kappa shape index (κ3) is 5.28. The Bertz CT molecular complexity index is 1090. The van der Waals surface area contributed by atoms with Gasteiger partial charge in [0.25, 0.3) is 0 Å². The molecule has 1 aromatic heterocycles. The Balaban J connectivity index is 1.09. The number of nitrogens with zero attached hydrogens (tertiary/aromatic N) is 5. The van der Waals surface area contributed by atoms with E-state index < -0.39 is 0 Å². The van der Waals surface area contributed by atoms with E-state index in [1.54, 1.807) is 0 Å². The van der Waals surface area contributed by atoms with E-state index >= 15 is 0 Å². The largest absolute Gasteiger partial charge is 0.454 e. The van der Waals surface area contributed by atoms with E-state index in [4.69, 9.17) is 9.47 Å². The van der Waals surface area contributed by atoms with Gasteiger partial charge in [-0.3, -0.25) is 14.6 Å². The zero-order chi connectivity index (χ0) is 22.5. The van der Waals surface area contributed by atoms with Crippen LogP contribution in [0.15, 0.2) is 65.9 Å². The van der Waals surface area contributed by atoms with Crippen molar-refractivity contribution in [2.75, 3.05) is 40.0 Å². The molecule has 1 saturated heterocycles. The van der Waals surface area contributed by atoms with E-state index in [2.05, 4.69) is 67.8 Å². The van der Waals surface area contributed by atoms with Crippen LogP contribution in [0.25, 0.3) is 0 Å². The number of rotatable bonds is 6. The fourth-order valence-electron chi connectivity index (χ4n) is 4.28. The molecule has 3 heterocycles. The summed E-state index contributed by atoms with van der Waals surface area (Å²) in [7, 11) is 1.85. The first kappa shape index (κ1) is 21.3. The summed E-state index contributed by atoms with van der Waals surface area (Å²) in [5, 5.41) is 8.00. The Morgan fingerprint density at radius 2 is 1.76 bits per heavy atom. The van der Waals surface area contributed by atoms with Gasteiger partial charge in [0, 0.05) is 58.1 Å². The number of fused-ring (bicyclic) bond motifs is 1. The van der Waals surface area contributed by atoms with E-state index in [0.29, 0.717) is 13.3 Å². The van der Waals surface area contributed by atoms with E-state index in [-0.39, 0.29) is 0 Å². The second kappa shape index (κ2) is 9.95. The molecule has 0 saturated carbocycles. The molecule has 1 N–H and O–H groups in total. The van der Waals surface area contributed by atoms with Gasteiger partial charge in [-0.1, -0.05) is 36.4 Å². The number of hydrogen-bond acceptors (Lipinski definition) is 5. The summed E-state index contributed by atoms with van der Waals surface area (Å²) in [4.78, 5) is 9.30. The number of aliphatic imine (C=N–C) groups is 1. The molecule has 0 bridgehead atoms. The summed E-state index contributed by atoms with van der Waals surface area (Å²) in [6.45, 7) is 6.58. The number of piperazine rings is 1. The quantitative estimate of drug-likeness (QED) is 0.464. The second-order valence-electron chi connectivity index (χ2n) is 8.38. The summed E-state index contributed by atoms with van der Waals surface area (Å²) in [6, 6.07) is 16.6. The lowest BCUT2D eigenvalue weighted by atomic mass is 10.1. The van der Waals surface area contributed by atoms with Crippen molar-refractivity contribution in [2.45, 2.75) is 19.6 Å². The van der Waals surface area contributed by atoms with Crippen LogP contribution >= 0.6 is 0 Å². The molecule has 0 unspecified atom stereocenters. The number of ether oxygens (including phenoxy) is 2. The second-order valence-corrected chi connectivity index (χ2v) is 8.38. The Morgan fingerprint density at radius 1 is 0.939 bits per heavy atom. The average molecular weight is 447 g/mol. The molecule has 8 heteroatoms. The highest BCUT2D eigenvalue weighted by Crippen LogP contribution is 2.32. The normalized spacial score (nSPS) is 16.3. The molecule has 0 radical (unpaired) electrons. The minimum Gasteiger partial charge on any atom is -0.454 e. The lowest BCUT2D eigenvalue weighted by molar-refractivity contribution is 0.171. The first-order chi connectivity index (χ1) is 16.3. The topological polar surface area (TPSA) is 67.2 Å². The summed E-state index contributed by atoms with van der Waals surface area (Å²) < 4.78 is 12.9. The molecule has 2 aliphatic rings. The van der Waals surface area contributed by atoms with Crippen LogP contribution in [0.3, 0.4) is 0 Å². The Hall–Kier alpha value is -3.52. The van der Waals surface area contributed by atoms with Crippen molar-refractivity contribution in [3.05, 3.63) is 77.6 Å². The standard InChI is InChI=1S/C25H30N6O2/c1-26-25(27-14-22-15-28-31(18-22)17-20-5-3-2-4-6-20)30-11-9-29(10-12-30)16-21-7-8-23-24(13-21)33-19-32-23/h2-8,13,15,18H,9-12,14,16-17,19H2,1H3,(H,26,27). The molecule has 2 aromatic carbocycles. The molecule has 0 amide bonds. The Kier molecular flexibility index (Phi) is 6.44. The zero-order valence-corrected chi connectivity index (χ0v) is 19.0. The molecule has 8 nitrogen and oxygen atoms in total. The Morgan fingerprint density at radius 3 is 2.58 bits per heavy atom. The highest BCUT2D eigenvalue weighted by molar-refractivity contribution is 5.80. The van der Waals surface area contributed by atoms with Crippen LogP contribution in [0.2, 0.25) is 0 Å². The zero-order valence-electron chi connectivity index (χ0n) is 19.0. The number of guanidine groups is 1. The van der Waals surface area contributed by atoms with Gasteiger partial charge < -0.3 is 19.7 Å². The van der Waals surface area contributed by atoms with Gasteiger partial charge in [-0.15, -0.1) is 0 Å². The van der Waals surface area contributed by atoms with Crippen molar-refractivity contribution in [3.63, 3.8) is 0 Å². The summed E-state index contributed by atoms with van der Waals surface area (Å²) in [6.07, 6.45) is 4.02. The molecule has 5 rings (SSSR count). The SMILES string of the molecule is CN=C(NCc1cnn(Cc2ccccc2)c1)N1CCN(Cc2ccc3c(c2)OCO3)CC1. The number of benzene rings is 2. The van der Waals surface area contributed by atoms with Gasteiger partial charge in [0.1, 0.15) is 0 Å². The van der Waals surface area contributed by atoms with Crippen molar-refractivity contribution >= 4 is 5.96 Å². The summed E-state index contributed by atoms with van der Waals surface area (Å²) >= 11 is 0. The van der Waals surface area contributed by atoms with Crippen LogP contribution in [0.5, 0.6) is 11.5 Å². The van der Waals surface area contributed by atoms with Crippen molar-refractivity contribution in [2.24, 2.45) is 4.99 Å². The molecule has 0 aliphatic carbocycles. The summed E-state index contributed by atoms with van der Waals surface area (Å²) in [5.74, 6) is 2.63. The minimum absolute atomic E-state index is 0.317. The predicted octanol–water partition coefficient (Wildman–Crippen LogP) is 2.55. The lowest BCUT2D eigenvalue weighted by Gasteiger charge is -2.36. The van der Waals surface area contributed by atoms with Gasteiger partial charge in [-0.05, 0) is 23.3 Å². The average Bonchev–Trinajstić information content (AvgIpc) is 3.50. The van der Waals surface area contributed by atoms with E-state index in [0.717, 1.165) is 62.3 Å². The van der Waals surface area contributed by atoms with Crippen LogP contribution in [-0.2, 0) is 19.6 Å². The third-order valence-corrected chi connectivity index (χ3v) is 6.05. The number of nitrogens with one attached hydrogen (secondary N) is 1. The molecular weight excluding hydrogens is 416 g/mol. The van der Waals surface area contributed by atoms with Crippen molar-refractivity contribution in [3.8, 4) is 11.5 Å². The minimum atomic E-state index is 0.317. The Labute approximate surface area is 194 Å². The van der Waals surface area contributed by atoms with Crippen molar-refractivity contribution < 1.29 is 9.47 Å². The van der Waals surface area contributed by atoms with Crippen LogP contribution < -0.4 is 14.8 Å². The molecule has 0 spiro atoms. The van der Waals surface area contributed by atoms with Gasteiger partial charge in [0.15, 0.2) is 17.5 Å². The molecule has 1 fully saturated rings. The molecule has 2 aliphatic heterocycles. The maximum Gasteiger partial charge on any atom is 0.231 e. The predicted molar refractivity (Wildman–Crippen MR) is 127 cm³/mol. The third-order valence-electron chi connectivity index (χ3n) is 6.05.